The minimum absolute atomic E-state index is 0.0236. The van der Waals surface area contributed by atoms with Crippen LogP contribution < -0.4 is 15.0 Å². The van der Waals surface area contributed by atoms with E-state index >= 15 is 0 Å². The lowest BCUT2D eigenvalue weighted by atomic mass is 9.98. The number of methoxy groups -OCH3 is 2. The lowest BCUT2D eigenvalue weighted by Gasteiger charge is -2.21. The van der Waals surface area contributed by atoms with Crippen molar-refractivity contribution in [3.05, 3.63) is 74.8 Å². The van der Waals surface area contributed by atoms with Crippen LogP contribution in [0.2, 0.25) is 5.02 Å². The van der Waals surface area contributed by atoms with Crippen LogP contribution in [0.25, 0.3) is 5.69 Å². The van der Waals surface area contributed by atoms with Crippen LogP contribution in [0.1, 0.15) is 46.9 Å². The Labute approximate surface area is 219 Å². The maximum Gasteiger partial charge on any atom is 0.275 e. The molecule has 37 heavy (non-hydrogen) atoms. The number of likely N-dealkylation sites (tertiary alicyclic amines) is 1. The van der Waals surface area contributed by atoms with E-state index in [0.29, 0.717) is 36.0 Å². The van der Waals surface area contributed by atoms with E-state index in [2.05, 4.69) is 4.98 Å². The molecule has 1 aliphatic carbocycles. The van der Waals surface area contributed by atoms with E-state index in [-0.39, 0.29) is 30.1 Å². The molecule has 1 unspecified atom stereocenters. The summed E-state index contributed by atoms with van der Waals surface area (Å²) in [6.45, 7) is 0.755. The number of aromatic nitrogens is 2. The maximum absolute atomic E-state index is 13.9. The Bertz CT molecular complexity index is 1360. The molecule has 0 spiro atoms. The van der Waals surface area contributed by atoms with Crippen molar-refractivity contribution in [3.63, 3.8) is 0 Å². The maximum atomic E-state index is 13.9. The molecular formula is C27H28ClN3O6. The quantitative estimate of drug-likeness (QED) is 0.475. The standard InChI is InChI=1S/C27H28ClN3O6/c1-35-20-8-5-9-21(36-2)24(20)31-22(15-37-17-10-11-17)29-25(32)23(27(31)34)26(33)30-13-12-16(14-30)18-6-3-4-7-19(18)28/h3-9,16-17,32H,10-15H2,1-2H3. The third kappa shape index (κ3) is 4.89. The average molecular weight is 526 g/mol. The SMILES string of the molecule is COc1cccc(OC)c1-n1c(COC2CC2)nc(O)c(C(=O)N2CCC(c3ccccc3Cl)C2)c1=O. The average Bonchev–Trinajstić information content (AvgIpc) is 3.60. The smallest absolute Gasteiger partial charge is 0.275 e. The molecule has 2 aromatic carbocycles. The highest BCUT2D eigenvalue weighted by Gasteiger charge is 2.34. The van der Waals surface area contributed by atoms with Crippen LogP contribution in [0.4, 0.5) is 0 Å². The molecule has 3 aromatic rings. The highest BCUT2D eigenvalue weighted by atomic mass is 35.5. The zero-order valence-electron chi connectivity index (χ0n) is 20.6. The summed E-state index contributed by atoms with van der Waals surface area (Å²) < 4.78 is 18.1. The van der Waals surface area contributed by atoms with Crippen LogP contribution in [0.15, 0.2) is 47.3 Å². The molecular weight excluding hydrogens is 498 g/mol. The second kappa shape index (κ2) is 10.4. The second-order valence-corrected chi connectivity index (χ2v) is 9.55. The Balaban J connectivity index is 1.57. The topological polar surface area (TPSA) is 103 Å². The predicted molar refractivity (Wildman–Crippen MR) is 137 cm³/mol. The number of ether oxygens (including phenoxy) is 3. The van der Waals surface area contributed by atoms with E-state index < -0.39 is 22.9 Å². The molecule has 194 valence electrons. The molecule has 1 aromatic heterocycles. The number of hydrogen-bond donors (Lipinski definition) is 1. The first kappa shape index (κ1) is 25.1. The fraction of sp³-hybridized carbons (Fsp3) is 0.370. The summed E-state index contributed by atoms with van der Waals surface area (Å²) in [4.78, 5) is 33.4. The fourth-order valence-corrected chi connectivity index (χ4v) is 5.00. The number of carbonyl (C=O) groups excluding carboxylic acids is 1. The van der Waals surface area contributed by atoms with Gasteiger partial charge in [-0.05, 0) is 43.0 Å². The Morgan fingerprint density at radius 3 is 2.43 bits per heavy atom. The van der Waals surface area contributed by atoms with Crippen LogP contribution in [0.5, 0.6) is 17.4 Å². The molecule has 2 fully saturated rings. The lowest BCUT2D eigenvalue weighted by Crippen LogP contribution is -2.37. The molecule has 9 nitrogen and oxygen atoms in total. The predicted octanol–water partition coefficient (Wildman–Crippen LogP) is 3.92. The van der Waals surface area contributed by atoms with Gasteiger partial charge in [0.05, 0.1) is 20.3 Å². The number of carbonyl (C=O) groups is 1. The third-order valence-corrected chi connectivity index (χ3v) is 7.11. The summed E-state index contributed by atoms with van der Waals surface area (Å²) in [7, 11) is 2.95. The van der Waals surface area contributed by atoms with Crippen molar-refractivity contribution < 1.29 is 24.1 Å². The third-order valence-electron chi connectivity index (χ3n) is 6.77. The molecule has 1 aliphatic heterocycles. The van der Waals surface area contributed by atoms with Gasteiger partial charge in [0.2, 0.25) is 5.88 Å². The number of benzene rings is 2. The first-order chi connectivity index (χ1) is 17.9. The monoisotopic (exact) mass is 525 g/mol. The normalized spacial score (nSPS) is 17.2. The van der Waals surface area contributed by atoms with Crippen LogP contribution in [-0.4, -0.2) is 58.9 Å². The van der Waals surface area contributed by atoms with E-state index in [4.69, 9.17) is 25.8 Å². The number of nitrogens with zero attached hydrogens (tertiary/aromatic N) is 3. The zero-order chi connectivity index (χ0) is 26.1. The molecule has 0 bridgehead atoms. The van der Waals surface area contributed by atoms with Crippen molar-refractivity contribution in [1.29, 1.82) is 0 Å². The van der Waals surface area contributed by atoms with E-state index in [1.807, 2.05) is 24.3 Å². The molecule has 1 atom stereocenters. The van der Waals surface area contributed by atoms with Crippen molar-refractivity contribution in [2.24, 2.45) is 0 Å². The van der Waals surface area contributed by atoms with Gasteiger partial charge < -0.3 is 24.2 Å². The summed E-state index contributed by atoms with van der Waals surface area (Å²) in [6, 6.07) is 12.6. The Morgan fingerprint density at radius 2 is 1.78 bits per heavy atom. The van der Waals surface area contributed by atoms with E-state index in [0.717, 1.165) is 18.4 Å². The molecule has 2 aliphatic rings. The molecule has 10 heteroatoms. The highest BCUT2D eigenvalue weighted by molar-refractivity contribution is 6.31. The van der Waals surface area contributed by atoms with Gasteiger partial charge in [-0.1, -0.05) is 35.9 Å². The first-order valence-electron chi connectivity index (χ1n) is 12.1. The summed E-state index contributed by atoms with van der Waals surface area (Å²) in [6.07, 6.45) is 2.61. The Morgan fingerprint density at radius 1 is 1.08 bits per heavy atom. The van der Waals surface area contributed by atoms with Gasteiger partial charge in [-0.25, -0.2) is 0 Å². The molecule has 1 saturated heterocycles. The summed E-state index contributed by atoms with van der Waals surface area (Å²) in [5.41, 5.74) is 0.0909. The largest absolute Gasteiger partial charge is 0.494 e. The number of rotatable bonds is 8. The van der Waals surface area contributed by atoms with Gasteiger partial charge in [0.1, 0.15) is 29.6 Å². The van der Waals surface area contributed by atoms with Crippen molar-refractivity contribution in [2.45, 2.75) is 37.9 Å². The number of aromatic hydroxyl groups is 1. The zero-order valence-corrected chi connectivity index (χ0v) is 21.4. The van der Waals surface area contributed by atoms with Gasteiger partial charge in [0, 0.05) is 24.0 Å². The first-order valence-corrected chi connectivity index (χ1v) is 12.5. The number of hydrogen-bond acceptors (Lipinski definition) is 7. The van der Waals surface area contributed by atoms with Crippen molar-refractivity contribution in [1.82, 2.24) is 14.5 Å². The van der Waals surface area contributed by atoms with Crippen molar-refractivity contribution in [2.75, 3.05) is 27.3 Å². The van der Waals surface area contributed by atoms with Crippen LogP contribution in [-0.2, 0) is 11.3 Å². The van der Waals surface area contributed by atoms with E-state index in [9.17, 15) is 14.7 Å². The number of para-hydroxylation sites is 1. The minimum atomic E-state index is -0.726. The number of halogens is 1. The molecule has 2 heterocycles. The van der Waals surface area contributed by atoms with Crippen molar-refractivity contribution in [3.8, 4) is 23.1 Å². The molecule has 0 radical (unpaired) electrons. The van der Waals surface area contributed by atoms with Gasteiger partial charge >= 0.3 is 0 Å². The molecule has 1 saturated carbocycles. The Kier molecular flexibility index (Phi) is 7.08. The van der Waals surface area contributed by atoms with Crippen LogP contribution >= 0.6 is 11.6 Å². The highest BCUT2D eigenvalue weighted by Crippen LogP contribution is 2.35. The van der Waals surface area contributed by atoms with Gasteiger partial charge in [-0.15, -0.1) is 0 Å². The van der Waals surface area contributed by atoms with Gasteiger partial charge in [0.25, 0.3) is 11.5 Å². The summed E-state index contributed by atoms with van der Waals surface area (Å²) >= 11 is 6.38. The van der Waals surface area contributed by atoms with Crippen molar-refractivity contribution >= 4 is 17.5 Å². The van der Waals surface area contributed by atoms with Crippen LogP contribution in [0, 0.1) is 0 Å². The van der Waals surface area contributed by atoms with Gasteiger partial charge in [-0.2, -0.15) is 4.98 Å². The molecule has 1 amide bonds. The van der Waals surface area contributed by atoms with Crippen LogP contribution in [0.3, 0.4) is 0 Å². The Hall–Kier alpha value is -3.56. The molecule has 5 rings (SSSR count). The van der Waals surface area contributed by atoms with Gasteiger partial charge in [0.15, 0.2) is 5.56 Å². The second-order valence-electron chi connectivity index (χ2n) is 9.15. The van der Waals surface area contributed by atoms with Gasteiger partial charge in [-0.3, -0.25) is 14.2 Å². The van der Waals surface area contributed by atoms with E-state index in [1.54, 1.807) is 23.1 Å². The summed E-state index contributed by atoms with van der Waals surface area (Å²) in [5, 5.41) is 11.5. The summed E-state index contributed by atoms with van der Waals surface area (Å²) in [5.74, 6) is -0.364. The number of amides is 1. The van der Waals surface area contributed by atoms with E-state index in [1.165, 1.54) is 18.8 Å². The fourth-order valence-electron chi connectivity index (χ4n) is 4.71. The minimum Gasteiger partial charge on any atom is -0.494 e. The molecule has 1 N–H and O–H groups in total. The lowest BCUT2D eigenvalue weighted by molar-refractivity contribution is 0.0781.